The molecular weight excluding hydrogens is 253 g/mol. The lowest BCUT2D eigenvalue weighted by molar-refractivity contribution is 0.628. The van der Waals surface area contributed by atoms with Crippen LogP contribution in [0.25, 0.3) is 0 Å². The summed E-state index contributed by atoms with van der Waals surface area (Å²) in [5.74, 6) is -0.0435. The van der Waals surface area contributed by atoms with Gasteiger partial charge in [0, 0.05) is 6.20 Å². The van der Waals surface area contributed by atoms with E-state index in [2.05, 4.69) is 16.4 Å². The topological polar surface area (TPSA) is 48.7 Å². The number of aryl methyl sites for hydroxylation is 1. The lowest BCUT2D eigenvalue weighted by atomic mass is 10.1. The van der Waals surface area contributed by atoms with Gasteiger partial charge in [0.05, 0.1) is 16.3 Å². The summed E-state index contributed by atoms with van der Waals surface area (Å²) in [7, 11) is 0. The maximum atomic E-state index is 13.1. The molecule has 5 heteroatoms. The number of aromatic nitrogens is 1. The Morgan fingerprint density at radius 3 is 2.89 bits per heavy atom. The van der Waals surface area contributed by atoms with E-state index in [0.29, 0.717) is 22.1 Å². The number of pyridine rings is 1. The van der Waals surface area contributed by atoms with Crippen molar-refractivity contribution in [3.05, 3.63) is 52.4 Å². The van der Waals surface area contributed by atoms with Gasteiger partial charge in [-0.1, -0.05) is 11.6 Å². The Morgan fingerprint density at radius 1 is 1.39 bits per heavy atom. The van der Waals surface area contributed by atoms with Crippen molar-refractivity contribution in [2.24, 2.45) is 0 Å². The minimum absolute atomic E-state index is 0.364. The fraction of sp³-hybridized carbons (Fsp3) is 0.0769. The largest absolute Gasteiger partial charge is 0.338 e. The van der Waals surface area contributed by atoms with Crippen LogP contribution >= 0.6 is 11.6 Å². The first-order valence-electron chi connectivity index (χ1n) is 5.19. The molecule has 0 unspecified atom stereocenters. The molecule has 0 aliphatic heterocycles. The van der Waals surface area contributed by atoms with Crippen molar-refractivity contribution in [2.75, 3.05) is 5.32 Å². The molecule has 0 fully saturated rings. The number of nitrogens with one attached hydrogen (secondary N) is 1. The molecule has 0 amide bonds. The predicted molar refractivity (Wildman–Crippen MR) is 68.4 cm³/mol. The molecule has 0 saturated heterocycles. The van der Waals surface area contributed by atoms with Crippen LogP contribution in [0.5, 0.6) is 0 Å². The number of nitrogens with zero attached hydrogens (tertiary/aromatic N) is 2. The highest BCUT2D eigenvalue weighted by Gasteiger charge is 2.09. The number of rotatable bonds is 2. The average molecular weight is 262 g/mol. The van der Waals surface area contributed by atoms with Gasteiger partial charge in [-0.25, -0.2) is 9.37 Å². The summed E-state index contributed by atoms with van der Waals surface area (Å²) in [5.41, 5.74) is 1.59. The van der Waals surface area contributed by atoms with Gasteiger partial charge in [0.15, 0.2) is 0 Å². The quantitative estimate of drug-likeness (QED) is 0.895. The van der Waals surface area contributed by atoms with E-state index in [4.69, 9.17) is 16.9 Å². The summed E-state index contributed by atoms with van der Waals surface area (Å²) >= 11 is 5.94. The van der Waals surface area contributed by atoms with E-state index in [0.717, 1.165) is 5.56 Å². The third kappa shape index (κ3) is 2.41. The molecule has 3 nitrogen and oxygen atoms in total. The summed E-state index contributed by atoms with van der Waals surface area (Å²) in [5, 5.41) is 12.3. The zero-order valence-corrected chi connectivity index (χ0v) is 10.3. The van der Waals surface area contributed by atoms with E-state index in [1.54, 1.807) is 19.2 Å². The van der Waals surface area contributed by atoms with Crippen LogP contribution in [0.15, 0.2) is 30.5 Å². The third-order valence-electron chi connectivity index (χ3n) is 2.45. The molecule has 0 atom stereocenters. The van der Waals surface area contributed by atoms with Crippen LogP contribution in [0.4, 0.5) is 15.9 Å². The van der Waals surface area contributed by atoms with Gasteiger partial charge in [0.25, 0.3) is 0 Å². The maximum Gasteiger partial charge on any atom is 0.148 e. The summed E-state index contributed by atoms with van der Waals surface area (Å²) in [6, 6.07) is 7.76. The predicted octanol–water partition coefficient (Wildman–Crippen LogP) is 3.80. The Hall–Kier alpha value is -2.12. The number of hydrogen-bond donors (Lipinski definition) is 1. The summed E-state index contributed by atoms with van der Waals surface area (Å²) in [4.78, 5) is 4.06. The smallest absolute Gasteiger partial charge is 0.148 e. The lowest BCUT2D eigenvalue weighted by Gasteiger charge is -2.10. The second-order valence-electron chi connectivity index (χ2n) is 3.71. The molecule has 2 rings (SSSR count). The Morgan fingerprint density at radius 2 is 2.17 bits per heavy atom. The lowest BCUT2D eigenvalue weighted by Crippen LogP contribution is -1.99. The molecule has 90 valence electrons. The molecule has 1 N–H and O–H groups in total. The molecule has 0 spiro atoms. The van der Waals surface area contributed by atoms with Crippen LogP contribution in [0.2, 0.25) is 5.02 Å². The molecule has 0 saturated carbocycles. The van der Waals surface area contributed by atoms with Crippen molar-refractivity contribution in [1.82, 2.24) is 4.98 Å². The van der Waals surface area contributed by atoms with Crippen molar-refractivity contribution in [2.45, 2.75) is 6.92 Å². The molecule has 18 heavy (non-hydrogen) atoms. The monoisotopic (exact) mass is 261 g/mol. The van der Waals surface area contributed by atoms with Gasteiger partial charge < -0.3 is 5.32 Å². The van der Waals surface area contributed by atoms with Crippen molar-refractivity contribution in [3.63, 3.8) is 0 Å². The van der Waals surface area contributed by atoms with E-state index in [1.165, 1.54) is 18.2 Å². The highest BCUT2D eigenvalue weighted by Crippen LogP contribution is 2.27. The minimum Gasteiger partial charge on any atom is -0.338 e. The van der Waals surface area contributed by atoms with Gasteiger partial charge in [0.1, 0.15) is 17.7 Å². The van der Waals surface area contributed by atoms with E-state index < -0.39 is 5.82 Å². The summed E-state index contributed by atoms with van der Waals surface area (Å²) < 4.78 is 13.1. The first-order valence-corrected chi connectivity index (χ1v) is 5.57. The summed E-state index contributed by atoms with van der Waals surface area (Å²) in [6.45, 7) is 1.80. The molecular formula is C13H9ClFN3. The normalized spacial score (nSPS) is 9.89. The van der Waals surface area contributed by atoms with E-state index in [-0.39, 0.29) is 0 Å². The second kappa shape index (κ2) is 5.03. The van der Waals surface area contributed by atoms with Crippen molar-refractivity contribution >= 4 is 23.1 Å². The van der Waals surface area contributed by atoms with Crippen LogP contribution < -0.4 is 5.32 Å². The van der Waals surface area contributed by atoms with E-state index in [1.807, 2.05) is 0 Å². The molecule has 0 bridgehead atoms. The van der Waals surface area contributed by atoms with Crippen LogP contribution in [0, 0.1) is 24.1 Å². The van der Waals surface area contributed by atoms with Crippen LogP contribution in [0.3, 0.4) is 0 Å². The first-order chi connectivity index (χ1) is 8.61. The molecule has 1 aromatic carbocycles. The molecule has 0 radical (unpaired) electrons. The number of benzene rings is 1. The molecule has 0 aliphatic carbocycles. The number of hydrogen-bond acceptors (Lipinski definition) is 3. The standard InChI is InChI=1S/C13H9ClFN3/c1-8-4-5-17-13(10(8)7-16)18-12-6-9(15)2-3-11(12)14/h2-6H,1H3,(H,17,18). The van der Waals surface area contributed by atoms with Crippen LogP contribution in [0.1, 0.15) is 11.1 Å². The molecule has 2 aromatic rings. The van der Waals surface area contributed by atoms with E-state index in [9.17, 15) is 4.39 Å². The SMILES string of the molecule is Cc1ccnc(Nc2cc(F)ccc2Cl)c1C#N. The molecule has 0 aliphatic rings. The van der Waals surface area contributed by atoms with Gasteiger partial charge >= 0.3 is 0 Å². The van der Waals surface area contributed by atoms with Crippen LogP contribution in [-0.2, 0) is 0 Å². The van der Waals surface area contributed by atoms with Crippen molar-refractivity contribution in [3.8, 4) is 6.07 Å². The highest BCUT2D eigenvalue weighted by atomic mass is 35.5. The number of anilines is 2. The maximum absolute atomic E-state index is 13.1. The molecule has 1 heterocycles. The molecule has 1 aromatic heterocycles. The van der Waals surface area contributed by atoms with Crippen LogP contribution in [-0.4, -0.2) is 4.98 Å². The zero-order valence-electron chi connectivity index (χ0n) is 9.54. The van der Waals surface area contributed by atoms with Gasteiger partial charge in [-0.3, -0.25) is 0 Å². The first kappa shape index (κ1) is 12.3. The number of halogens is 2. The second-order valence-corrected chi connectivity index (χ2v) is 4.12. The summed E-state index contributed by atoms with van der Waals surface area (Å²) in [6.07, 6.45) is 1.58. The Bertz CT molecular complexity index is 635. The Kier molecular flexibility index (Phi) is 3.45. The van der Waals surface area contributed by atoms with Gasteiger partial charge in [-0.05, 0) is 36.8 Å². The average Bonchev–Trinajstić information content (AvgIpc) is 2.34. The fourth-order valence-electron chi connectivity index (χ4n) is 1.52. The zero-order chi connectivity index (χ0) is 13.1. The minimum atomic E-state index is -0.409. The Labute approximate surface area is 109 Å². The van der Waals surface area contributed by atoms with E-state index >= 15 is 0 Å². The van der Waals surface area contributed by atoms with Crippen molar-refractivity contribution < 1.29 is 4.39 Å². The number of nitriles is 1. The Balaban J connectivity index is 2.44. The van der Waals surface area contributed by atoms with Gasteiger partial charge in [-0.15, -0.1) is 0 Å². The van der Waals surface area contributed by atoms with Gasteiger partial charge in [-0.2, -0.15) is 5.26 Å². The fourth-order valence-corrected chi connectivity index (χ4v) is 1.68. The third-order valence-corrected chi connectivity index (χ3v) is 2.78. The highest BCUT2D eigenvalue weighted by molar-refractivity contribution is 6.33. The van der Waals surface area contributed by atoms with Crippen molar-refractivity contribution in [1.29, 1.82) is 5.26 Å². The van der Waals surface area contributed by atoms with Gasteiger partial charge in [0.2, 0.25) is 0 Å².